The fraction of sp³-hybridized carbons (Fsp3) is 0.316. The SMILES string of the molecule is CCN(CC)C(=O)[C@@H](Sc1nnc(NCc2ccco2)s1)c1ccccc1. The lowest BCUT2D eigenvalue weighted by Crippen LogP contribution is -2.33. The van der Waals surface area contributed by atoms with Crippen LogP contribution >= 0.6 is 23.1 Å². The number of carbonyl (C=O) groups excluding carboxylic acids is 1. The number of anilines is 1. The Morgan fingerprint density at radius 2 is 1.96 bits per heavy atom. The maximum absolute atomic E-state index is 13.0. The molecule has 0 radical (unpaired) electrons. The predicted octanol–water partition coefficient (Wildman–Crippen LogP) is 4.45. The van der Waals surface area contributed by atoms with E-state index >= 15 is 0 Å². The Hall–Kier alpha value is -2.32. The van der Waals surface area contributed by atoms with Crippen molar-refractivity contribution in [3.8, 4) is 0 Å². The van der Waals surface area contributed by atoms with Crippen molar-refractivity contribution in [3.05, 3.63) is 60.1 Å². The van der Waals surface area contributed by atoms with Crippen molar-refractivity contribution in [3.63, 3.8) is 0 Å². The summed E-state index contributed by atoms with van der Waals surface area (Å²) in [5, 5.41) is 12.0. The number of likely N-dealkylation sites (N-methyl/N-ethyl adjacent to an activating group) is 1. The number of nitrogens with zero attached hydrogens (tertiary/aromatic N) is 3. The minimum absolute atomic E-state index is 0.0940. The summed E-state index contributed by atoms with van der Waals surface area (Å²) in [6.45, 7) is 5.91. The first-order valence-corrected chi connectivity index (χ1v) is 10.5. The van der Waals surface area contributed by atoms with Crippen LogP contribution in [0.5, 0.6) is 0 Å². The zero-order valence-corrected chi connectivity index (χ0v) is 16.9. The van der Waals surface area contributed by atoms with Gasteiger partial charge in [-0.25, -0.2) is 0 Å². The Balaban J connectivity index is 1.73. The standard InChI is InChI=1S/C19H22N4O2S2/c1-3-23(4-2)17(24)16(14-9-6-5-7-10-14)26-19-22-21-18(27-19)20-13-15-11-8-12-25-15/h5-12,16H,3-4,13H2,1-2H3,(H,20,21)/t16-/m0/s1. The van der Waals surface area contributed by atoms with E-state index in [0.717, 1.165) is 15.7 Å². The molecule has 3 aromatic rings. The Bertz CT molecular complexity index is 833. The third-order valence-corrected chi connectivity index (χ3v) is 6.23. The van der Waals surface area contributed by atoms with Gasteiger partial charge in [0.05, 0.1) is 12.8 Å². The van der Waals surface area contributed by atoms with E-state index in [1.54, 1.807) is 6.26 Å². The highest BCUT2D eigenvalue weighted by Gasteiger charge is 2.27. The number of aromatic nitrogens is 2. The topological polar surface area (TPSA) is 71.3 Å². The van der Waals surface area contributed by atoms with E-state index in [9.17, 15) is 4.79 Å². The summed E-state index contributed by atoms with van der Waals surface area (Å²) < 4.78 is 6.06. The molecule has 0 fully saturated rings. The molecule has 0 saturated heterocycles. The van der Waals surface area contributed by atoms with Gasteiger partial charge in [0, 0.05) is 13.1 Å². The Kier molecular flexibility index (Phi) is 6.89. The van der Waals surface area contributed by atoms with Crippen molar-refractivity contribution in [1.82, 2.24) is 15.1 Å². The minimum Gasteiger partial charge on any atom is -0.467 e. The van der Waals surface area contributed by atoms with Gasteiger partial charge >= 0.3 is 0 Å². The number of hydrogen-bond acceptors (Lipinski definition) is 7. The Morgan fingerprint density at radius 3 is 2.63 bits per heavy atom. The summed E-state index contributed by atoms with van der Waals surface area (Å²) in [5.74, 6) is 0.926. The maximum atomic E-state index is 13.0. The smallest absolute Gasteiger partial charge is 0.240 e. The number of furan rings is 1. The van der Waals surface area contributed by atoms with Gasteiger partial charge in [-0.15, -0.1) is 10.2 Å². The van der Waals surface area contributed by atoms with E-state index in [4.69, 9.17) is 4.42 Å². The first kappa shape index (κ1) is 19.4. The molecule has 0 unspecified atom stereocenters. The van der Waals surface area contributed by atoms with Crippen molar-refractivity contribution in [2.45, 2.75) is 30.0 Å². The lowest BCUT2D eigenvalue weighted by atomic mass is 10.1. The quantitative estimate of drug-likeness (QED) is 0.533. The molecule has 0 spiro atoms. The zero-order chi connectivity index (χ0) is 19.1. The minimum atomic E-state index is -0.336. The summed E-state index contributed by atoms with van der Waals surface area (Å²) in [4.78, 5) is 14.9. The van der Waals surface area contributed by atoms with Crippen molar-refractivity contribution < 1.29 is 9.21 Å². The van der Waals surface area contributed by atoms with Gasteiger partial charge in [0.15, 0.2) is 4.34 Å². The van der Waals surface area contributed by atoms with Crippen LogP contribution in [0.3, 0.4) is 0 Å². The monoisotopic (exact) mass is 402 g/mol. The van der Waals surface area contributed by atoms with Crippen LogP contribution in [-0.2, 0) is 11.3 Å². The van der Waals surface area contributed by atoms with Crippen molar-refractivity contribution in [2.75, 3.05) is 18.4 Å². The van der Waals surface area contributed by atoms with Crippen molar-refractivity contribution in [2.24, 2.45) is 0 Å². The molecule has 0 aliphatic rings. The van der Waals surface area contributed by atoms with Gasteiger partial charge in [-0.1, -0.05) is 53.4 Å². The Morgan fingerprint density at radius 1 is 1.19 bits per heavy atom. The molecular formula is C19H22N4O2S2. The number of amides is 1. The summed E-state index contributed by atoms with van der Waals surface area (Å²) in [6, 6.07) is 13.6. The number of thioether (sulfide) groups is 1. The van der Waals surface area contributed by atoms with Gasteiger partial charge < -0.3 is 14.6 Å². The molecule has 1 aromatic carbocycles. The summed E-state index contributed by atoms with van der Waals surface area (Å²) in [6.07, 6.45) is 1.64. The van der Waals surface area contributed by atoms with Gasteiger partial charge in [0.1, 0.15) is 11.0 Å². The molecule has 0 aliphatic heterocycles. The first-order chi connectivity index (χ1) is 13.2. The number of benzene rings is 1. The van der Waals surface area contributed by atoms with Crippen LogP contribution in [0.4, 0.5) is 5.13 Å². The third-order valence-electron chi connectivity index (χ3n) is 4.02. The highest BCUT2D eigenvalue weighted by Crippen LogP contribution is 2.39. The van der Waals surface area contributed by atoms with Gasteiger partial charge in [-0.3, -0.25) is 4.79 Å². The lowest BCUT2D eigenvalue weighted by Gasteiger charge is -2.24. The molecule has 1 atom stereocenters. The molecule has 8 heteroatoms. The average Bonchev–Trinajstić information content (AvgIpc) is 3.38. The highest BCUT2D eigenvalue weighted by atomic mass is 32.2. The summed E-state index contributed by atoms with van der Waals surface area (Å²) >= 11 is 2.88. The van der Waals surface area contributed by atoms with E-state index in [1.165, 1.54) is 23.1 Å². The number of nitrogens with one attached hydrogen (secondary N) is 1. The molecule has 2 aromatic heterocycles. The van der Waals surface area contributed by atoms with Crippen LogP contribution in [0.1, 0.15) is 30.4 Å². The van der Waals surface area contributed by atoms with E-state index < -0.39 is 0 Å². The zero-order valence-electron chi connectivity index (χ0n) is 15.3. The van der Waals surface area contributed by atoms with Gasteiger partial charge in [-0.2, -0.15) is 0 Å². The Labute approximate surface area is 167 Å². The van der Waals surface area contributed by atoms with Gasteiger partial charge in [0.2, 0.25) is 11.0 Å². The second-order valence-corrected chi connectivity index (χ2v) is 8.05. The molecule has 1 amide bonds. The summed E-state index contributed by atoms with van der Waals surface area (Å²) in [5.41, 5.74) is 0.972. The van der Waals surface area contributed by atoms with Crippen LogP contribution in [0, 0.1) is 0 Å². The molecule has 0 bridgehead atoms. The molecule has 2 heterocycles. The number of carbonyl (C=O) groups is 1. The molecule has 6 nitrogen and oxygen atoms in total. The van der Waals surface area contributed by atoms with E-state index in [-0.39, 0.29) is 11.2 Å². The molecule has 0 aliphatic carbocycles. The van der Waals surface area contributed by atoms with Gasteiger partial charge in [-0.05, 0) is 31.5 Å². The van der Waals surface area contributed by atoms with E-state index in [0.29, 0.717) is 24.8 Å². The molecular weight excluding hydrogens is 380 g/mol. The fourth-order valence-corrected chi connectivity index (χ4v) is 4.62. The second kappa shape index (κ2) is 9.57. The first-order valence-electron chi connectivity index (χ1n) is 8.81. The molecule has 27 heavy (non-hydrogen) atoms. The second-order valence-electron chi connectivity index (χ2n) is 5.73. The molecule has 142 valence electrons. The van der Waals surface area contributed by atoms with Crippen LogP contribution in [-0.4, -0.2) is 34.1 Å². The van der Waals surface area contributed by atoms with Crippen LogP contribution in [0.2, 0.25) is 0 Å². The average molecular weight is 403 g/mol. The maximum Gasteiger partial charge on any atom is 0.240 e. The van der Waals surface area contributed by atoms with Crippen molar-refractivity contribution >= 4 is 34.1 Å². The van der Waals surface area contributed by atoms with Crippen LogP contribution < -0.4 is 5.32 Å². The van der Waals surface area contributed by atoms with E-state index in [1.807, 2.05) is 61.2 Å². The predicted molar refractivity (Wildman–Crippen MR) is 109 cm³/mol. The largest absolute Gasteiger partial charge is 0.467 e. The van der Waals surface area contributed by atoms with Crippen LogP contribution in [0.15, 0.2) is 57.5 Å². The number of rotatable bonds is 9. The van der Waals surface area contributed by atoms with Crippen LogP contribution in [0.25, 0.3) is 0 Å². The van der Waals surface area contributed by atoms with E-state index in [2.05, 4.69) is 15.5 Å². The molecule has 1 N–H and O–H groups in total. The van der Waals surface area contributed by atoms with Crippen molar-refractivity contribution in [1.29, 1.82) is 0 Å². The lowest BCUT2D eigenvalue weighted by molar-refractivity contribution is -0.130. The molecule has 3 rings (SSSR count). The molecule has 0 saturated carbocycles. The third kappa shape index (κ3) is 5.11. The highest BCUT2D eigenvalue weighted by molar-refractivity contribution is 8.01. The van der Waals surface area contributed by atoms with Gasteiger partial charge in [0.25, 0.3) is 0 Å². The summed E-state index contributed by atoms with van der Waals surface area (Å²) in [7, 11) is 0. The fourth-order valence-electron chi connectivity index (χ4n) is 2.60. The normalized spacial score (nSPS) is 11.9. The number of hydrogen-bond donors (Lipinski definition) is 1.